The first kappa shape index (κ1) is 35.8. The van der Waals surface area contributed by atoms with Gasteiger partial charge in [-0.15, -0.1) is 0 Å². The topological polar surface area (TPSA) is 151 Å². The minimum absolute atomic E-state index is 0.136. The van der Waals surface area contributed by atoms with Crippen LogP contribution in [0.5, 0.6) is 23.0 Å². The maximum absolute atomic E-state index is 11.9. The third-order valence-corrected chi connectivity index (χ3v) is 6.68. The summed E-state index contributed by atoms with van der Waals surface area (Å²) in [5, 5.41) is 0. The molecule has 0 spiro atoms. The molecule has 0 unspecified atom stereocenters. The number of hydrogen-bond acceptors (Lipinski definition) is 13. The number of carbonyl (C=O) groups excluding carboxylic acids is 4. The van der Waals surface area contributed by atoms with Gasteiger partial charge in [0.2, 0.25) is 0 Å². The van der Waals surface area contributed by atoms with Crippen molar-refractivity contribution < 1.29 is 61.8 Å². The maximum atomic E-state index is 11.9. The van der Waals surface area contributed by atoms with Crippen molar-refractivity contribution in [3.8, 4) is 23.0 Å². The molecule has 0 saturated carbocycles. The molecule has 0 aliphatic heterocycles. The molecule has 49 heavy (non-hydrogen) atoms. The van der Waals surface area contributed by atoms with E-state index in [1.807, 2.05) is 0 Å². The molecule has 0 fully saturated rings. The van der Waals surface area contributed by atoms with Crippen LogP contribution in [0.1, 0.15) is 41.4 Å². The van der Waals surface area contributed by atoms with Gasteiger partial charge in [0, 0.05) is 0 Å². The molecule has 0 bridgehead atoms. The smallest absolute Gasteiger partial charge is 0.337 e. The van der Waals surface area contributed by atoms with Gasteiger partial charge in [0.05, 0.1) is 50.7 Å². The van der Waals surface area contributed by atoms with Gasteiger partial charge in [0.15, 0.2) is 0 Å². The van der Waals surface area contributed by atoms with Gasteiger partial charge in [-0.1, -0.05) is 0 Å². The van der Waals surface area contributed by atoms with E-state index >= 15 is 0 Å². The molecular weight excluding hydrogens is 640 g/mol. The summed E-state index contributed by atoms with van der Waals surface area (Å²) < 4.78 is 49.1. The van der Waals surface area contributed by atoms with Gasteiger partial charge < -0.3 is 42.6 Å². The van der Waals surface area contributed by atoms with E-state index in [1.54, 1.807) is 97.1 Å². The fourth-order valence-corrected chi connectivity index (χ4v) is 4.20. The van der Waals surface area contributed by atoms with Crippen LogP contribution in [0.15, 0.2) is 97.1 Å². The van der Waals surface area contributed by atoms with Gasteiger partial charge in [-0.2, -0.15) is 0 Å². The Hall–Kier alpha value is -6.08. The van der Waals surface area contributed by atoms with Crippen LogP contribution >= 0.6 is 0 Å². The highest BCUT2D eigenvalue weighted by Gasteiger charge is 2.20. The quantitative estimate of drug-likeness (QED) is 0.0880. The van der Waals surface area contributed by atoms with Crippen LogP contribution in [-0.4, -0.2) is 78.1 Å². The molecule has 13 nitrogen and oxygen atoms in total. The predicted octanol–water partition coefficient (Wildman–Crippen LogP) is 5.12. The lowest BCUT2D eigenvalue weighted by Gasteiger charge is -2.24. The summed E-state index contributed by atoms with van der Waals surface area (Å²) in [6.07, 6.45) is -2.04. The summed E-state index contributed by atoms with van der Waals surface area (Å²) >= 11 is 0. The Morgan fingerprint density at radius 1 is 0.388 bits per heavy atom. The average Bonchev–Trinajstić information content (AvgIpc) is 3.14. The lowest BCUT2D eigenvalue weighted by molar-refractivity contribution is -0.105. The molecule has 0 aliphatic carbocycles. The highest BCUT2D eigenvalue weighted by atomic mass is 16.7. The zero-order chi connectivity index (χ0) is 35.2. The Morgan fingerprint density at radius 3 is 0.776 bits per heavy atom. The monoisotopic (exact) mass is 674 g/mol. The van der Waals surface area contributed by atoms with Crippen LogP contribution in [0.2, 0.25) is 0 Å². The highest BCUT2D eigenvalue weighted by molar-refractivity contribution is 5.90. The number of ether oxygens (including phenoxy) is 9. The second-order valence-corrected chi connectivity index (χ2v) is 9.93. The fourth-order valence-electron chi connectivity index (χ4n) is 4.20. The van der Waals surface area contributed by atoms with E-state index in [-0.39, 0.29) is 13.2 Å². The average molecular weight is 675 g/mol. The third-order valence-electron chi connectivity index (χ3n) is 6.68. The summed E-state index contributed by atoms with van der Waals surface area (Å²) in [7, 11) is 5.15. The second-order valence-electron chi connectivity index (χ2n) is 9.93. The molecular formula is C36H34O13. The molecule has 4 aromatic carbocycles. The van der Waals surface area contributed by atoms with Gasteiger partial charge in [-0.05, 0) is 97.1 Å². The molecule has 0 N–H and O–H groups in total. The molecule has 13 heteroatoms. The first-order valence-electron chi connectivity index (χ1n) is 14.7. The van der Waals surface area contributed by atoms with Crippen LogP contribution in [0.4, 0.5) is 0 Å². The van der Waals surface area contributed by atoms with Gasteiger partial charge in [-0.3, -0.25) is 0 Å². The Bertz CT molecular complexity index is 1430. The SMILES string of the molecule is COC(=O)c1ccc(OC(COCC(Oc2ccc(C(=O)OC)cc2)Oc2ccc(C(=O)OC)cc2)Oc2ccc(C(=O)OC)cc2)cc1. The van der Waals surface area contributed by atoms with Crippen molar-refractivity contribution in [1.29, 1.82) is 0 Å². The summed E-state index contributed by atoms with van der Waals surface area (Å²) in [6.45, 7) is -0.271. The second kappa shape index (κ2) is 17.7. The third kappa shape index (κ3) is 10.5. The van der Waals surface area contributed by atoms with Gasteiger partial charge in [0.1, 0.15) is 36.2 Å². The molecule has 0 saturated heterocycles. The van der Waals surface area contributed by atoms with E-state index in [4.69, 9.17) is 42.6 Å². The zero-order valence-electron chi connectivity index (χ0n) is 27.1. The largest absolute Gasteiger partial charge is 0.465 e. The lowest BCUT2D eigenvalue weighted by Crippen LogP contribution is -2.34. The zero-order valence-corrected chi connectivity index (χ0v) is 27.1. The summed E-state index contributed by atoms with van der Waals surface area (Å²) in [4.78, 5) is 47.5. The van der Waals surface area contributed by atoms with Crippen molar-refractivity contribution in [2.45, 2.75) is 12.6 Å². The predicted molar refractivity (Wildman–Crippen MR) is 172 cm³/mol. The highest BCUT2D eigenvalue weighted by Crippen LogP contribution is 2.22. The fraction of sp³-hybridized carbons (Fsp3) is 0.222. The van der Waals surface area contributed by atoms with Crippen molar-refractivity contribution in [2.75, 3.05) is 41.7 Å². The number of esters is 4. The Kier molecular flexibility index (Phi) is 12.9. The molecule has 0 aliphatic rings. The standard InChI is InChI=1S/C36H34O13/c1-41-33(37)23-5-13-27(14-6-23)46-31(47-28-15-7-24(8-16-28)34(38)42-2)21-45-22-32(48-29-17-9-25(10-18-29)35(39)43-3)49-30-19-11-26(12-20-30)36(40)44-4/h5-20,31-32H,21-22H2,1-4H3. The Labute approximate surface area is 282 Å². The molecule has 4 aromatic rings. The van der Waals surface area contributed by atoms with Crippen molar-refractivity contribution >= 4 is 23.9 Å². The number of methoxy groups -OCH3 is 4. The van der Waals surface area contributed by atoms with Crippen molar-refractivity contribution in [3.05, 3.63) is 119 Å². The first-order chi connectivity index (χ1) is 23.7. The number of rotatable bonds is 16. The minimum atomic E-state index is -1.02. The molecule has 0 amide bonds. The molecule has 0 radical (unpaired) electrons. The van der Waals surface area contributed by atoms with Crippen LogP contribution in [0.3, 0.4) is 0 Å². The molecule has 256 valence electrons. The van der Waals surface area contributed by atoms with Gasteiger partial charge in [-0.25, -0.2) is 19.2 Å². The van der Waals surface area contributed by atoms with E-state index < -0.39 is 36.5 Å². The van der Waals surface area contributed by atoms with E-state index in [0.29, 0.717) is 45.3 Å². The molecule has 0 atom stereocenters. The maximum Gasteiger partial charge on any atom is 0.337 e. The Balaban J connectivity index is 1.50. The van der Waals surface area contributed by atoms with Gasteiger partial charge >= 0.3 is 23.9 Å². The normalized spacial score (nSPS) is 10.6. The van der Waals surface area contributed by atoms with Crippen LogP contribution < -0.4 is 18.9 Å². The van der Waals surface area contributed by atoms with E-state index in [1.165, 1.54) is 28.4 Å². The van der Waals surface area contributed by atoms with Crippen molar-refractivity contribution in [1.82, 2.24) is 0 Å². The summed E-state index contributed by atoms with van der Waals surface area (Å²) in [6, 6.07) is 24.9. The van der Waals surface area contributed by atoms with Crippen molar-refractivity contribution in [3.63, 3.8) is 0 Å². The summed E-state index contributed by atoms with van der Waals surface area (Å²) in [5.74, 6) is -0.529. The van der Waals surface area contributed by atoms with Crippen LogP contribution in [0, 0.1) is 0 Å². The van der Waals surface area contributed by atoms with Crippen LogP contribution in [-0.2, 0) is 23.7 Å². The van der Waals surface area contributed by atoms with Crippen molar-refractivity contribution in [2.24, 2.45) is 0 Å². The number of carbonyl (C=O) groups is 4. The molecule has 0 aromatic heterocycles. The van der Waals surface area contributed by atoms with E-state index in [9.17, 15) is 19.2 Å². The van der Waals surface area contributed by atoms with Gasteiger partial charge in [0.25, 0.3) is 12.6 Å². The molecule has 4 rings (SSSR count). The number of hydrogen-bond donors (Lipinski definition) is 0. The minimum Gasteiger partial charge on any atom is -0.465 e. The number of benzene rings is 4. The Morgan fingerprint density at radius 2 is 0.592 bits per heavy atom. The first-order valence-corrected chi connectivity index (χ1v) is 14.7. The van der Waals surface area contributed by atoms with Crippen LogP contribution in [0.25, 0.3) is 0 Å². The lowest BCUT2D eigenvalue weighted by atomic mass is 10.2. The molecule has 0 heterocycles. The van der Waals surface area contributed by atoms with E-state index in [2.05, 4.69) is 0 Å². The van der Waals surface area contributed by atoms with E-state index in [0.717, 1.165) is 0 Å². The summed E-state index contributed by atoms with van der Waals surface area (Å²) in [5.41, 5.74) is 1.33.